The van der Waals surface area contributed by atoms with Crippen molar-refractivity contribution < 1.29 is 9.59 Å². The van der Waals surface area contributed by atoms with Crippen LogP contribution in [0.1, 0.15) is 40.0 Å². The van der Waals surface area contributed by atoms with Crippen LogP contribution in [0.3, 0.4) is 0 Å². The summed E-state index contributed by atoms with van der Waals surface area (Å²) < 4.78 is 0. The van der Waals surface area contributed by atoms with Crippen molar-refractivity contribution in [3.05, 3.63) is 63.6 Å². The Balaban J connectivity index is 1.70. The maximum absolute atomic E-state index is 12.4. The highest BCUT2D eigenvalue weighted by molar-refractivity contribution is 6.35. The molecular formula is C19H18Cl2N2O2. The number of piperidine rings is 1. The van der Waals surface area contributed by atoms with E-state index in [0.29, 0.717) is 26.9 Å². The van der Waals surface area contributed by atoms with E-state index in [1.165, 1.54) is 6.42 Å². The van der Waals surface area contributed by atoms with Gasteiger partial charge < -0.3 is 10.2 Å². The standard InChI is InChI=1S/C19H18Cl2N2O2/c20-15-8-9-16(21)17(12-15)22-18(24)13-4-6-14(7-5-13)19(25)23-10-2-1-3-11-23/h4-9,12H,1-3,10-11H2,(H,22,24). The molecule has 0 bridgehead atoms. The first kappa shape index (κ1) is 17.8. The van der Waals surface area contributed by atoms with Gasteiger partial charge >= 0.3 is 0 Å². The number of hydrogen-bond donors (Lipinski definition) is 1. The molecule has 2 amide bonds. The van der Waals surface area contributed by atoms with Gasteiger partial charge in [-0.25, -0.2) is 0 Å². The van der Waals surface area contributed by atoms with Gasteiger partial charge in [-0.05, 0) is 61.7 Å². The minimum absolute atomic E-state index is 0.0181. The smallest absolute Gasteiger partial charge is 0.255 e. The third-order valence-electron chi connectivity index (χ3n) is 4.21. The van der Waals surface area contributed by atoms with Crippen molar-refractivity contribution in [1.82, 2.24) is 4.90 Å². The van der Waals surface area contributed by atoms with E-state index in [4.69, 9.17) is 23.2 Å². The lowest BCUT2D eigenvalue weighted by atomic mass is 10.1. The molecule has 0 aliphatic carbocycles. The summed E-state index contributed by atoms with van der Waals surface area (Å²) in [6.45, 7) is 1.60. The van der Waals surface area contributed by atoms with Crippen LogP contribution in [0.4, 0.5) is 5.69 Å². The first-order valence-corrected chi connectivity index (χ1v) is 8.96. The average molecular weight is 377 g/mol. The first-order valence-electron chi connectivity index (χ1n) is 8.20. The number of nitrogens with one attached hydrogen (secondary N) is 1. The number of carbonyl (C=O) groups excluding carboxylic acids is 2. The summed E-state index contributed by atoms with van der Waals surface area (Å²) in [4.78, 5) is 26.7. The number of nitrogens with zero attached hydrogens (tertiary/aromatic N) is 1. The molecule has 0 spiro atoms. The number of rotatable bonds is 3. The van der Waals surface area contributed by atoms with Crippen molar-refractivity contribution in [3.63, 3.8) is 0 Å². The summed E-state index contributed by atoms with van der Waals surface area (Å²) in [6, 6.07) is 11.5. The highest BCUT2D eigenvalue weighted by Gasteiger charge is 2.18. The lowest BCUT2D eigenvalue weighted by Crippen LogP contribution is -2.35. The second-order valence-corrected chi connectivity index (χ2v) is 6.85. The minimum atomic E-state index is -0.305. The number of carbonyl (C=O) groups is 2. The lowest BCUT2D eigenvalue weighted by Gasteiger charge is -2.26. The Morgan fingerprint density at radius 1 is 0.880 bits per heavy atom. The van der Waals surface area contributed by atoms with Crippen LogP contribution in [0.15, 0.2) is 42.5 Å². The molecule has 3 rings (SSSR count). The van der Waals surface area contributed by atoms with Crippen LogP contribution in [0, 0.1) is 0 Å². The van der Waals surface area contributed by atoms with Crippen LogP contribution in [0.25, 0.3) is 0 Å². The molecule has 4 nitrogen and oxygen atoms in total. The average Bonchev–Trinajstić information content (AvgIpc) is 2.65. The Morgan fingerprint density at radius 2 is 1.52 bits per heavy atom. The van der Waals surface area contributed by atoms with E-state index in [0.717, 1.165) is 25.9 Å². The van der Waals surface area contributed by atoms with Crippen LogP contribution in [0.5, 0.6) is 0 Å². The molecule has 0 unspecified atom stereocenters. The fourth-order valence-electron chi connectivity index (χ4n) is 2.83. The van der Waals surface area contributed by atoms with E-state index >= 15 is 0 Å². The number of hydrogen-bond acceptors (Lipinski definition) is 2. The number of benzene rings is 2. The van der Waals surface area contributed by atoms with Gasteiger partial charge in [0, 0.05) is 29.2 Å². The van der Waals surface area contributed by atoms with Crippen molar-refractivity contribution in [2.75, 3.05) is 18.4 Å². The van der Waals surface area contributed by atoms with Gasteiger partial charge in [0.25, 0.3) is 11.8 Å². The molecule has 2 aromatic rings. The normalized spacial score (nSPS) is 14.2. The minimum Gasteiger partial charge on any atom is -0.339 e. The van der Waals surface area contributed by atoms with Gasteiger partial charge in [-0.15, -0.1) is 0 Å². The summed E-state index contributed by atoms with van der Waals surface area (Å²) in [6.07, 6.45) is 3.27. The predicted octanol–water partition coefficient (Wildman–Crippen LogP) is 4.87. The van der Waals surface area contributed by atoms with Gasteiger partial charge in [0.2, 0.25) is 0 Å². The predicted molar refractivity (Wildman–Crippen MR) is 101 cm³/mol. The van der Waals surface area contributed by atoms with Crippen LogP contribution < -0.4 is 5.32 Å². The molecule has 0 atom stereocenters. The second kappa shape index (κ2) is 7.89. The van der Waals surface area contributed by atoms with Crippen LogP contribution in [0.2, 0.25) is 10.0 Å². The largest absolute Gasteiger partial charge is 0.339 e. The summed E-state index contributed by atoms with van der Waals surface area (Å²) in [5.74, 6) is -0.286. The van der Waals surface area contributed by atoms with Crippen LogP contribution >= 0.6 is 23.2 Å². The SMILES string of the molecule is O=C(Nc1cc(Cl)ccc1Cl)c1ccc(C(=O)N2CCCCC2)cc1. The second-order valence-electron chi connectivity index (χ2n) is 6.01. The first-order chi connectivity index (χ1) is 12.0. The summed E-state index contributed by atoms with van der Waals surface area (Å²) in [5.41, 5.74) is 1.50. The highest BCUT2D eigenvalue weighted by Crippen LogP contribution is 2.26. The lowest BCUT2D eigenvalue weighted by molar-refractivity contribution is 0.0724. The van der Waals surface area contributed by atoms with E-state index < -0.39 is 0 Å². The summed E-state index contributed by atoms with van der Waals surface area (Å²) >= 11 is 12.0. The monoisotopic (exact) mass is 376 g/mol. The number of halogens is 2. The molecule has 0 saturated carbocycles. The van der Waals surface area contributed by atoms with E-state index in [1.54, 1.807) is 42.5 Å². The third kappa shape index (κ3) is 4.33. The number of amides is 2. The fourth-order valence-corrected chi connectivity index (χ4v) is 3.17. The van der Waals surface area contributed by atoms with Crippen molar-refractivity contribution in [3.8, 4) is 0 Å². The van der Waals surface area contributed by atoms with Crippen molar-refractivity contribution in [2.45, 2.75) is 19.3 Å². The Labute approximate surface area is 156 Å². The molecular weight excluding hydrogens is 359 g/mol. The van der Waals surface area contributed by atoms with Crippen molar-refractivity contribution in [2.24, 2.45) is 0 Å². The zero-order chi connectivity index (χ0) is 17.8. The molecule has 1 N–H and O–H groups in total. The molecule has 0 radical (unpaired) electrons. The summed E-state index contributed by atoms with van der Waals surface area (Å²) in [5, 5.41) is 3.63. The molecule has 2 aromatic carbocycles. The zero-order valence-electron chi connectivity index (χ0n) is 13.6. The van der Waals surface area contributed by atoms with Gasteiger partial charge in [0.15, 0.2) is 0 Å². The van der Waals surface area contributed by atoms with Gasteiger partial charge in [-0.3, -0.25) is 9.59 Å². The van der Waals surface area contributed by atoms with Gasteiger partial charge in [-0.1, -0.05) is 23.2 Å². The van der Waals surface area contributed by atoms with Gasteiger partial charge in [0.1, 0.15) is 0 Å². The van der Waals surface area contributed by atoms with E-state index in [1.807, 2.05) is 4.90 Å². The third-order valence-corrected chi connectivity index (χ3v) is 4.78. The van der Waals surface area contributed by atoms with Crippen LogP contribution in [-0.2, 0) is 0 Å². The maximum Gasteiger partial charge on any atom is 0.255 e. The zero-order valence-corrected chi connectivity index (χ0v) is 15.1. The quantitative estimate of drug-likeness (QED) is 0.830. The number of likely N-dealkylation sites (tertiary alicyclic amines) is 1. The number of anilines is 1. The van der Waals surface area contributed by atoms with Gasteiger partial charge in [0.05, 0.1) is 10.7 Å². The molecule has 130 valence electrons. The molecule has 0 aromatic heterocycles. The summed E-state index contributed by atoms with van der Waals surface area (Å²) in [7, 11) is 0. The topological polar surface area (TPSA) is 49.4 Å². The molecule has 1 heterocycles. The Kier molecular flexibility index (Phi) is 5.61. The Morgan fingerprint density at radius 3 is 2.20 bits per heavy atom. The fraction of sp³-hybridized carbons (Fsp3) is 0.263. The van der Waals surface area contributed by atoms with Gasteiger partial charge in [-0.2, -0.15) is 0 Å². The molecule has 1 aliphatic heterocycles. The van der Waals surface area contributed by atoms with E-state index in [-0.39, 0.29) is 11.8 Å². The Hall–Kier alpha value is -2.04. The molecule has 1 saturated heterocycles. The van der Waals surface area contributed by atoms with E-state index in [2.05, 4.69) is 5.32 Å². The van der Waals surface area contributed by atoms with Crippen molar-refractivity contribution in [1.29, 1.82) is 0 Å². The molecule has 1 aliphatic rings. The van der Waals surface area contributed by atoms with Crippen LogP contribution in [-0.4, -0.2) is 29.8 Å². The molecule has 25 heavy (non-hydrogen) atoms. The van der Waals surface area contributed by atoms with E-state index in [9.17, 15) is 9.59 Å². The van der Waals surface area contributed by atoms with Crippen molar-refractivity contribution >= 4 is 40.7 Å². The Bertz CT molecular complexity index is 785. The highest BCUT2D eigenvalue weighted by atomic mass is 35.5. The molecule has 1 fully saturated rings. The molecule has 6 heteroatoms. The maximum atomic E-state index is 12.4.